The van der Waals surface area contributed by atoms with Crippen LogP contribution in [0, 0.1) is 118 Å². The van der Waals surface area contributed by atoms with Crippen molar-refractivity contribution >= 4 is 0 Å². The van der Waals surface area contributed by atoms with Crippen LogP contribution >= 0.6 is 0 Å². The van der Waals surface area contributed by atoms with Gasteiger partial charge in [-0.05, 0) is 174 Å². The van der Waals surface area contributed by atoms with E-state index in [0.29, 0.717) is 61.2 Å². The summed E-state index contributed by atoms with van der Waals surface area (Å²) in [5.74, 6) is 32.9. The Kier molecular flexibility index (Phi) is 18.0. The minimum absolute atomic E-state index is 0.0980. The van der Waals surface area contributed by atoms with Crippen LogP contribution in [0.4, 0.5) is 0 Å². The fraction of sp³-hybridized carbons (Fsp3) is 0.739. The normalized spacial score (nSPS) is 32.6. The lowest BCUT2D eigenvalue weighted by Gasteiger charge is -2.65. The van der Waals surface area contributed by atoms with Gasteiger partial charge < -0.3 is 36.7 Å². The first-order chi connectivity index (χ1) is 25.8. The van der Waals surface area contributed by atoms with Gasteiger partial charge in [-0.3, -0.25) is 0 Å². The van der Waals surface area contributed by atoms with Gasteiger partial charge in [-0.1, -0.05) is 26.7 Å². The van der Waals surface area contributed by atoms with Crippen LogP contribution in [0.1, 0.15) is 105 Å². The third-order valence-corrected chi connectivity index (χ3v) is 13.3. The van der Waals surface area contributed by atoms with Crippen LogP contribution in [-0.4, -0.2) is 64.3 Å². The Labute approximate surface area is 322 Å². The summed E-state index contributed by atoms with van der Waals surface area (Å²) in [6.45, 7) is 14.5. The second kappa shape index (κ2) is 22.3. The summed E-state index contributed by atoms with van der Waals surface area (Å²) < 4.78 is 20.3. The Balaban J connectivity index is 1.44. The van der Waals surface area contributed by atoms with Crippen molar-refractivity contribution in [3.05, 3.63) is 0 Å². The second-order valence-corrected chi connectivity index (χ2v) is 16.1. The largest absolute Gasteiger partial charge is 0.378 e. The van der Waals surface area contributed by atoms with Gasteiger partial charge in [0.15, 0.2) is 0 Å². The van der Waals surface area contributed by atoms with Crippen LogP contribution in [0.5, 0.6) is 0 Å². The van der Waals surface area contributed by atoms with Gasteiger partial charge in [-0.15, -0.1) is 0 Å². The minimum Gasteiger partial charge on any atom is -0.378 e. The van der Waals surface area contributed by atoms with Crippen molar-refractivity contribution in [2.75, 3.05) is 46.0 Å². The number of nitrogens with two attached hydrogens (primary N) is 3. The van der Waals surface area contributed by atoms with Gasteiger partial charge in [0, 0.05) is 67.4 Å². The molecule has 0 aromatic heterocycles. The third-order valence-electron chi connectivity index (χ3n) is 13.3. The van der Waals surface area contributed by atoms with Crippen molar-refractivity contribution in [3.8, 4) is 71.2 Å². The molecule has 11 atom stereocenters. The molecule has 7 N–H and O–H groups in total. The molecule has 0 saturated heterocycles. The Morgan fingerprint density at radius 1 is 0.698 bits per heavy atom. The van der Waals surface area contributed by atoms with E-state index in [1.807, 2.05) is 0 Å². The zero-order chi connectivity index (χ0) is 37.9. The van der Waals surface area contributed by atoms with Gasteiger partial charge in [0.1, 0.15) is 0 Å². The van der Waals surface area contributed by atoms with Crippen molar-refractivity contribution in [2.24, 2.45) is 63.5 Å². The number of hydrogen-bond donors (Lipinski definition) is 4. The Morgan fingerprint density at radius 2 is 1.32 bits per heavy atom. The number of hydrogen-bond acceptors (Lipinski definition) is 7. The number of rotatable bonds is 17. The molecular weight excluding hydrogens is 657 g/mol. The van der Waals surface area contributed by atoms with Crippen LogP contribution in [0.2, 0.25) is 0 Å². The molecule has 288 valence electrons. The van der Waals surface area contributed by atoms with Gasteiger partial charge in [-0.25, -0.2) is 0 Å². The monoisotopic (exact) mass is 723 g/mol. The summed E-state index contributed by atoms with van der Waals surface area (Å²) >= 11 is 0. The average Bonchev–Trinajstić information content (AvgIpc) is 3.52. The van der Waals surface area contributed by atoms with E-state index in [0.717, 1.165) is 84.2 Å². The maximum absolute atomic E-state index is 7.00. The Morgan fingerprint density at radius 3 is 1.98 bits per heavy atom. The van der Waals surface area contributed by atoms with E-state index in [-0.39, 0.29) is 23.0 Å². The van der Waals surface area contributed by atoms with E-state index < -0.39 is 0 Å². The summed E-state index contributed by atoms with van der Waals surface area (Å²) in [5.41, 5.74) is 18.1. The van der Waals surface area contributed by atoms with Crippen molar-refractivity contribution < 1.29 is 14.2 Å². The summed E-state index contributed by atoms with van der Waals surface area (Å²) in [6.07, 6.45) is 14.0. The molecule has 0 spiro atoms. The van der Waals surface area contributed by atoms with Gasteiger partial charge in [0.05, 0.1) is 18.3 Å². The first-order valence-electron chi connectivity index (χ1n) is 20.4. The third kappa shape index (κ3) is 11.2. The van der Waals surface area contributed by atoms with E-state index in [4.69, 9.17) is 31.4 Å². The lowest BCUT2D eigenvalue weighted by Crippen LogP contribution is -2.63. The van der Waals surface area contributed by atoms with Crippen LogP contribution in [0.3, 0.4) is 0 Å². The van der Waals surface area contributed by atoms with E-state index in [9.17, 15) is 0 Å². The van der Waals surface area contributed by atoms with Crippen molar-refractivity contribution in [1.29, 1.82) is 0 Å². The molecule has 0 unspecified atom stereocenters. The van der Waals surface area contributed by atoms with E-state index >= 15 is 0 Å². The van der Waals surface area contributed by atoms with Crippen LogP contribution in [0.15, 0.2) is 0 Å². The molecule has 0 aromatic carbocycles. The average molecular weight is 723 g/mol. The van der Waals surface area contributed by atoms with Crippen molar-refractivity contribution in [2.45, 2.75) is 123 Å². The Bertz CT molecular complexity index is 1540. The molecule has 4 aliphatic rings. The quantitative estimate of drug-likeness (QED) is 0.0942. The summed E-state index contributed by atoms with van der Waals surface area (Å²) in [6, 6.07) is 2.96. The lowest BCUT2D eigenvalue weighted by atomic mass is 9.43. The van der Waals surface area contributed by atoms with Crippen molar-refractivity contribution in [3.63, 3.8) is 0 Å². The second-order valence-electron chi connectivity index (χ2n) is 16.1. The zero-order valence-electron chi connectivity index (χ0n) is 33.1. The molecule has 53 heavy (non-hydrogen) atoms. The number of fused-ring (bicyclic) bond motifs is 5. The molecule has 0 aliphatic heterocycles. The standard InChI is InChI=1S/C46H66N4O3/c1-5-6-7-8-9-10-11-12-13-14-15-28-50-29-16-20-36(2)39-21-22-40-44-41(35-43(46(39,40)4)53-32-19-27-49)45(3)24-23-38(51-30-17-25-47)33-37(45)34-42(44)52-31-18-26-48/h36-44,50H,16-27,29-35,47-49H2,1-4H3/t36-,37+,38-,39-,40+,41+,42-,43+,44+,45+,46-/m1/s1. The molecule has 0 amide bonds. The van der Waals surface area contributed by atoms with Gasteiger partial charge in [0.2, 0.25) is 0 Å². The topological polar surface area (TPSA) is 118 Å². The number of ether oxygens (including phenoxy) is 3. The summed E-state index contributed by atoms with van der Waals surface area (Å²) in [7, 11) is 0. The summed E-state index contributed by atoms with van der Waals surface area (Å²) in [4.78, 5) is 0. The fourth-order valence-corrected chi connectivity index (χ4v) is 10.8. The predicted molar refractivity (Wildman–Crippen MR) is 215 cm³/mol. The summed E-state index contributed by atoms with van der Waals surface area (Å²) in [5, 5.41) is 3.24. The maximum atomic E-state index is 7.00. The van der Waals surface area contributed by atoms with Crippen LogP contribution in [0.25, 0.3) is 0 Å². The highest BCUT2D eigenvalue weighted by atomic mass is 16.5. The Hall–Kier alpha value is -3.08. The predicted octanol–water partition coefficient (Wildman–Crippen LogP) is 5.07. The van der Waals surface area contributed by atoms with Gasteiger partial charge in [0.25, 0.3) is 0 Å². The first-order valence-corrected chi connectivity index (χ1v) is 20.4. The molecule has 4 rings (SSSR count). The minimum atomic E-state index is 0.0980. The van der Waals surface area contributed by atoms with Crippen LogP contribution in [-0.2, 0) is 14.2 Å². The highest BCUT2D eigenvalue weighted by Crippen LogP contribution is 2.69. The molecule has 4 fully saturated rings. The van der Waals surface area contributed by atoms with Crippen LogP contribution < -0.4 is 22.5 Å². The fourth-order valence-electron chi connectivity index (χ4n) is 10.8. The van der Waals surface area contributed by atoms with Gasteiger partial charge >= 0.3 is 0 Å². The van der Waals surface area contributed by atoms with Gasteiger partial charge in [-0.2, -0.15) is 0 Å². The molecule has 0 radical (unpaired) electrons. The highest BCUT2D eigenvalue weighted by molar-refractivity contribution is 5.44. The molecule has 7 heteroatoms. The molecule has 0 aromatic rings. The molecule has 7 nitrogen and oxygen atoms in total. The van der Waals surface area contributed by atoms with Crippen molar-refractivity contribution in [1.82, 2.24) is 5.32 Å². The van der Waals surface area contributed by atoms with E-state index in [1.165, 1.54) is 19.3 Å². The smallest absolute Gasteiger partial charge is 0.0637 e. The first kappa shape index (κ1) is 42.7. The zero-order valence-corrected chi connectivity index (χ0v) is 33.1. The van der Waals surface area contributed by atoms with E-state index in [1.54, 1.807) is 6.92 Å². The maximum Gasteiger partial charge on any atom is 0.0637 e. The highest BCUT2D eigenvalue weighted by Gasteiger charge is 2.66. The lowest BCUT2D eigenvalue weighted by molar-refractivity contribution is -0.227. The molecule has 0 heterocycles. The molecular formula is C46H66N4O3. The molecule has 4 saturated carbocycles. The van der Waals surface area contributed by atoms with E-state index in [2.05, 4.69) is 97.3 Å². The SMILES string of the molecule is CC#CC#CC#CC#CC#CC#CNCCC[C@@H](C)[C@H]1CC[C@H]2[C@@H]3[C@H](OCCCN)C[C@@H]4C[C@H](OCCCN)CC[C@]4(C)[C@H]3C[C@H](OCCCN)[C@]12C. The molecule has 0 bridgehead atoms. The number of nitrogens with one attached hydrogen (secondary N) is 1. The molecule has 4 aliphatic carbocycles.